The first-order valence-electron chi connectivity index (χ1n) is 20.1. The molecule has 1 saturated heterocycles. The normalized spacial score (nSPS) is 15.2. The van der Waals surface area contributed by atoms with Crippen LogP contribution in [0.2, 0.25) is 0 Å². The fourth-order valence-electron chi connectivity index (χ4n) is 6.89. The SMILES string of the molecule is CCCCCCCCCCCCN1CCCN(CCCCCCCCCCCC)N1CCCCCCCCCCCC. The highest BCUT2D eigenvalue weighted by atomic mass is 15.9. The summed E-state index contributed by atoms with van der Waals surface area (Å²) in [6.45, 7) is 13.3. The van der Waals surface area contributed by atoms with Crippen LogP contribution < -0.4 is 0 Å². The first kappa shape index (κ1) is 39.9. The van der Waals surface area contributed by atoms with Gasteiger partial charge in [-0.15, -0.1) is 0 Å². The summed E-state index contributed by atoms with van der Waals surface area (Å²) in [7, 11) is 0. The van der Waals surface area contributed by atoms with E-state index in [2.05, 4.69) is 35.9 Å². The number of hydrazine groups is 2. The molecule has 1 rings (SSSR count). The van der Waals surface area contributed by atoms with Gasteiger partial charge in [-0.1, -0.05) is 194 Å². The Morgan fingerprint density at radius 2 is 0.524 bits per heavy atom. The predicted octanol–water partition coefficient (Wildman–Crippen LogP) is 12.9. The maximum atomic E-state index is 2.76. The van der Waals surface area contributed by atoms with Crippen LogP contribution in [0.5, 0.6) is 0 Å². The Kier molecular flexibility index (Phi) is 30.7. The highest BCUT2D eigenvalue weighted by Crippen LogP contribution is 2.19. The third-order valence-corrected chi connectivity index (χ3v) is 9.74. The molecule has 1 aliphatic heterocycles. The number of hydrogen-bond donors (Lipinski definition) is 0. The average Bonchev–Trinajstić information content (AvgIpc) is 3.00. The van der Waals surface area contributed by atoms with E-state index in [1.165, 1.54) is 232 Å². The van der Waals surface area contributed by atoms with Gasteiger partial charge < -0.3 is 0 Å². The minimum atomic E-state index is 1.26. The van der Waals surface area contributed by atoms with Gasteiger partial charge in [0.2, 0.25) is 0 Å². The highest BCUT2D eigenvalue weighted by molar-refractivity contribution is 4.68. The van der Waals surface area contributed by atoms with E-state index in [9.17, 15) is 0 Å². The van der Waals surface area contributed by atoms with Gasteiger partial charge in [0, 0.05) is 32.7 Å². The third-order valence-electron chi connectivity index (χ3n) is 9.74. The average molecular weight is 592 g/mol. The Labute approximate surface area is 267 Å². The Hall–Kier alpha value is -0.120. The van der Waals surface area contributed by atoms with Crippen LogP contribution >= 0.6 is 0 Å². The minimum Gasteiger partial charge on any atom is -0.228 e. The van der Waals surface area contributed by atoms with Crippen molar-refractivity contribution in [2.45, 2.75) is 220 Å². The number of rotatable bonds is 33. The summed E-state index contributed by atoms with van der Waals surface area (Å²) in [5.74, 6) is 0. The summed E-state index contributed by atoms with van der Waals surface area (Å²) in [5.41, 5.74) is 0. The topological polar surface area (TPSA) is 9.72 Å². The van der Waals surface area contributed by atoms with E-state index < -0.39 is 0 Å². The summed E-state index contributed by atoms with van der Waals surface area (Å²) >= 11 is 0. The number of unbranched alkanes of at least 4 members (excludes halogenated alkanes) is 27. The van der Waals surface area contributed by atoms with Gasteiger partial charge in [-0.3, -0.25) is 0 Å². The molecule has 42 heavy (non-hydrogen) atoms. The zero-order chi connectivity index (χ0) is 30.2. The molecule has 1 fully saturated rings. The van der Waals surface area contributed by atoms with Gasteiger partial charge in [-0.05, 0) is 25.7 Å². The van der Waals surface area contributed by atoms with Crippen molar-refractivity contribution < 1.29 is 0 Å². The largest absolute Gasteiger partial charge is 0.228 e. The minimum absolute atomic E-state index is 1.26. The van der Waals surface area contributed by atoms with Gasteiger partial charge in [0.15, 0.2) is 0 Å². The Balaban J connectivity index is 2.31. The lowest BCUT2D eigenvalue weighted by atomic mass is 10.1. The zero-order valence-corrected chi connectivity index (χ0v) is 29.8. The van der Waals surface area contributed by atoms with Crippen molar-refractivity contribution >= 4 is 0 Å². The van der Waals surface area contributed by atoms with Crippen molar-refractivity contribution in [2.24, 2.45) is 0 Å². The van der Waals surface area contributed by atoms with E-state index in [1.807, 2.05) is 0 Å². The van der Waals surface area contributed by atoms with Crippen LogP contribution in [-0.2, 0) is 0 Å². The standard InChI is InChI=1S/C39H81N3/c1-4-7-10-13-16-19-22-25-28-31-35-40-37-34-38-41(36-32-29-26-23-20-17-14-11-8-5-2)42(40)39-33-30-27-24-21-18-15-12-9-6-3/h4-39H2,1-3H3. The Morgan fingerprint density at radius 3 is 0.810 bits per heavy atom. The van der Waals surface area contributed by atoms with Crippen molar-refractivity contribution in [3.8, 4) is 0 Å². The molecule has 0 unspecified atom stereocenters. The maximum Gasteiger partial charge on any atom is 0.0293 e. The molecule has 1 aliphatic rings. The molecule has 0 aromatic carbocycles. The molecule has 252 valence electrons. The fraction of sp³-hybridized carbons (Fsp3) is 1.00. The van der Waals surface area contributed by atoms with Gasteiger partial charge in [-0.2, -0.15) is 5.12 Å². The van der Waals surface area contributed by atoms with Crippen molar-refractivity contribution in [3.05, 3.63) is 0 Å². The molecule has 0 radical (unpaired) electrons. The molecule has 0 bridgehead atoms. The lowest BCUT2D eigenvalue weighted by Crippen LogP contribution is -2.58. The van der Waals surface area contributed by atoms with Gasteiger partial charge >= 0.3 is 0 Å². The molecule has 0 amide bonds. The summed E-state index contributed by atoms with van der Waals surface area (Å²) in [6, 6.07) is 0. The van der Waals surface area contributed by atoms with Crippen molar-refractivity contribution in [2.75, 3.05) is 32.7 Å². The van der Waals surface area contributed by atoms with Crippen LogP contribution in [-0.4, -0.2) is 47.9 Å². The van der Waals surface area contributed by atoms with Gasteiger partial charge in [0.1, 0.15) is 0 Å². The maximum absolute atomic E-state index is 2.76. The van der Waals surface area contributed by atoms with Crippen LogP contribution in [0.15, 0.2) is 0 Å². The van der Waals surface area contributed by atoms with E-state index in [1.54, 1.807) is 0 Å². The van der Waals surface area contributed by atoms with Crippen LogP contribution in [0, 0.1) is 0 Å². The van der Waals surface area contributed by atoms with Gasteiger partial charge in [0.25, 0.3) is 0 Å². The van der Waals surface area contributed by atoms with Crippen LogP contribution in [0.25, 0.3) is 0 Å². The van der Waals surface area contributed by atoms with Crippen LogP contribution in [0.4, 0.5) is 0 Å². The van der Waals surface area contributed by atoms with E-state index in [4.69, 9.17) is 0 Å². The molecule has 3 heteroatoms. The highest BCUT2D eigenvalue weighted by Gasteiger charge is 2.25. The predicted molar refractivity (Wildman–Crippen MR) is 190 cm³/mol. The fourth-order valence-corrected chi connectivity index (χ4v) is 6.89. The third kappa shape index (κ3) is 24.2. The second-order valence-electron chi connectivity index (χ2n) is 13.9. The Morgan fingerprint density at radius 1 is 0.286 bits per heavy atom. The second-order valence-corrected chi connectivity index (χ2v) is 13.9. The monoisotopic (exact) mass is 592 g/mol. The Bertz CT molecular complexity index is 478. The summed E-state index contributed by atoms with van der Waals surface area (Å²) < 4.78 is 0. The molecule has 0 atom stereocenters. The van der Waals surface area contributed by atoms with Crippen LogP contribution in [0.1, 0.15) is 220 Å². The quantitative estimate of drug-likeness (QED) is 0.0703. The second kappa shape index (κ2) is 32.3. The zero-order valence-electron chi connectivity index (χ0n) is 29.8. The number of nitrogens with zero attached hydrogens (tertiary/aromatic N) is 3. The molecule has 1 heterocycles. The molecule has 3 nitrogen and oxygen atoms in total. The summed E-state index contributed by atoms with van der Waals surface area (Å²) in [5, 5.41) is 8.27. The molecule has 0 saturated carbocycles. The molecule has 0 aliphatic carbocycles. The summed E-state index contributed by atoms with van der Waals surface area (Å²) in [4.78, 5) is 0. The lowest BCUT2D eigenvalue weighted by molar-refractivity contribution is -0.212. The lowest BCUT2D eigenvalue weighted by Gasteiger charge is -2.46. The van der Waals surface area contributed by atoms with Crippen molar-refractivity contribution in [1.29, 1.82) is 0 Å². The van der Waals surface area contributed by atoms with Crippen molar-refractivity contribution in [3.63, 3.8) is 0 Å². The van der Waals surface area contributed by atoms with E-state index >= 15 is 0 Å². The van der Waals surface area contributed by atoms with E-state index in [0.29, 0.717) is 0 Å². The smallest absolute Gasteiger partial charge is 0.0293 e. The van der Waals surface area contributed by atoms with Gasteiger partial charge in [0.05, 0.1) is 0 Å². The first-order valence-corrected chi connectivity index (χ1v) is 20.1. The molecular weight excluding hydrogens is 510 g/mol. The van der Waals surface area contributed by atoms with Crippen LogP contribution in [0.3, 0.4) is 0 Å². The van der Waals surface area contributed by atoms with Crippen molar-refractivity contribution in [1.82, 2.24) is 15.1 Å². The summed E-state index contributed by atoms with van der Waals surface area (Å²) in [6.07, 6.45) is 44.4. The molecule has 0 N–H and O–H groups in total. The molecule has 0 spiro atoms. The molecule has 0 aromatic rings. The molecular formula is C39H81N3. The van der Waals surface area contributed by atoms with Gasteiger partial charge in [-0.25, -0.2) is 10.0 Å². The number of hydrogen-bond acceptors (Lipinski definition) is 3. The molecule has 0 aromatic heterocycles. The first-order chi connectivity index (χ1) is 20.8. The van der Waals surface area contributed by atoms with E-state index in [0.717, 1.165) is 0 Å². The van der Waals surface area contributed by atoms with E-state index in [-0.39, 0.29) is 0 Å².